The number of ether oxygens (including phenoxy) is 6. The zero-order valence-electron chi connectivity index (χ0n) is 28.9. The van der Waals surface area contributed by atoms with E-state index in [9.17, 15) is 44.9 Å². The first-order valence-corrected chi connectivity index (χ1v) is 17.4. The second-order valence-corrected chi connectivity index (χ2v) is 13.6. The molecule has 0 aromatic carbocycles. The van der Waals surface area contributed by atoms with Crippen molar-refractivity contribution in [3.05, 3.63) is 12.2 Å². The molecule has 1 saturated carbocycles. The summed E-state index contributed by atoms with van der Waals surface area (Å²) in [5, 5.41) is 87.8. The van der Waals surface area contributed by atoms with Crippen molar-refractivity contribution in [1.82, 2.24) is 10.6 Å². The summed E-state index contributed by atoms with van der Waals surface area (Å²) in [6.45, 7) is -1.82. The van der Waals surface area contributed by atoms with Crippen LogP contribution < -0.4 is 39.3 Å². The quantitative estimate of drug-likeness (QED) is 0.0610. The number of hydrogen-bond donors (Lipinski definition) is 15. The van der Waals surface area contributed by atoms with Crippen LogP contribution in [-0.4, -0.2) is 209 Å². The maximum atomic E-state index is 14.0. The average Bonchev–Trinajstić information content (AvgIpc) is 3.44. The predicted octanol–water partition coefficient (Wildman–Crippen LogP) is -9.26. The Balaban J connectivity index is 1.54. The zero-order valence-corrected chi connectivity index (χ0v) is 28.9. The third-order valence-corrected chi connectivity index (χ3v) is 9.62. The van der Waals surface area contributed by atoms with Gasteiger partial charge in [-0.1, -0.05) is 12.2 Å². The monoisotopic (exact) mass is 773 g/mol. The summed E-state index contributed by atoms with van der Waals surface area (Å²) < 4.78 is 49.5. The van der Waals surface area contributed by atoms with Crippen molar-refractivity contribution >= 4 is 5.91 Å². The number of alkyl halides is 1. The molecule has 0 radical (unpaired) electrons. The van der Waals surface area contributed by atoms with Gasteiger partial charge in [0.1, 0.15) is 61.1 Å². The lowest BCUT2D eigenvalue weighted by molar-refractivity contribution is -0.284. The van der Waals surface area contributed by atoms with Gasteiger partial charge in [0.25, 0.3) is 5.91 Å². The Labute approximate surface area is 304 Å². The summed E-state index contributed by atoms with van der Waals surface area (Å²) in [5.41, 5.74) is 29.7. The molecule has 2 saturated heterocycles. The van der Waals surface area contributed by atoms with Crippen molar-refractivity contribution in [1.29, 1.82) is 0 Å². The Kier molecular flexibility index (Phi) is 16.6. The Morgan fingerprint density at radius 2 is 1.51 bits per heavy atom. The molecule has 308 valence electrons. The lowest BCUT2D eigenvalue weighted by atomic mass is 9.83. The molecule has 3 fully saturated rings. The van der Waals surface area contributed by atoms with Crippen molar-refractivity contribution in [2.45, 2.75) is 129 Å². The molecule has 23 heteroatoms. The zero-order chi connectivity index (χ0) is 39.1. The minimum Gasteiger partial charge on any atom is -0.394 e. The van der Waals surface area contributed by atoms with Crippen LogP contribution in [0.5, 0.6) is 0 Å². The second kappa shape index (κ2) is 20.0. The largest absolute Gasteiger partial charge is 0.394 e. The Morgan fingerprint density at radius 3 is 2.15 bits per heavy atom. The molecule has 0 aromatic rings. The van der Waals surface area contributed by atoms with E-state index < -0.39 is 148 Å². The number of carbonyl (C=O) groups is 1. The third kappa shape index (κ3) is 10.6. The highest BCUT2D eigenvalue weighted by molar-refractivity contribution is 5.81. The van der Waals surface area contributed by atoms with Crippen LogP contribution in [0.3, 0.4) is 0 Å². The van der Waals surface area contributed by atoms with Gasteiger partial charge in [0, 0.05) is 32.2 Å². The van der Waals surface area contributed by atoms with Crippen LogP contribution >= 0.6 is 0 Å². The van der Waals surface area contributed by atoms with E-state index >= 15 is 0 Å². The molecule has 20 N–H and O–H groups in total. The van der Waals surface area contributed by atoms with Gasteiger partial charge in [0.05, 0.1) is 43.5 Å². The molecular formula is C30H56FN7O15. The summed E-state index contributed by atoms with van der Waals surface area (Å²) in [5.74, 6) is -1.19. The molecule has 1 amide bonds. The van der Waals surface area contributed by atoms with E-state index in [2.05, 4.69) is 10.6 Å². The van der Waals surface area contributed by atoms with Gasteiger partial charge < -0.3 is 109 Å². The molecular weight excluding hydrogens is 717 g/mol. The summed E-state index contributed by atoms with van der Waals surface area (Å²) in [4.78, 5) is 12.7. The van der Waals surface area contributed by atoms with Crippen molar-refractivity contribution in [3.8, 4) is 0 Å². The molecule has 0 bridgehead atoms. The van der Waals surface area contributed by atoms with Crippen LogP contribution in [0.15, 0.2) is 12.2 Å². The third-order valence-electron chi connectivity index (χ3n) is 9.62. The molecule has 3 heterocycles. The van der Waals surface area contributed by atoms with Gasteiger partial charge in [-0.05, 0) is 6.42 Å². The summed E-state index contributed by atoms with van der Waals surface area (Å²) in [6, 6.07) is -4.52. The number of rotatable bonds is 17. The topological polar surface area (TPSA) is 388 Å². The number of nitrogens with one attached hydrogen (secondary N) is 2. The van der Waals surface area contributed by atoms with Gasteiger partial charge in [0.15, 0.2) is 25.0 Å². The van der Waals surface area contributed by atoms with Crippen LogP contribution in [0, 0.1) is 0 Å². The highest BCUT2D eigenvalue weighted by Gasteiger charge is 2.54. The van der Waals surface area contributed by atoms with Crippen LogP contribution in [0.25, 0.3) is 0 Å². The molecule has 53 heavy (non-hydrogen) atoms. The van der Waals surface area contributed by atoms with E-state index in [-0.39, 0.29) is 26.1 Å². The van der Waals surface area contributed by atoms with Gasteiger partial charge in [-0.25, -0.2) is 4.39 Å². The van der Waals surface area contributed by atoms with Crippen molar-refractivity contribution < 1.29 is 78.5 Å². The molecule has 0 aromatic heterocycles. The fourth-order valence-electron chi connectivity index (χ4n) is 6.49. The maximum absolute atomic E-state index is 14.0. The minimum atomic E-state index is -2.17. The molecule has 4 rings (SSSR count). The SMILES string of the molecule is NC[C@@H](F)[C@H](O)C(=O)N[C@@H]1C[C@H](N)[C@@H](O[C@H]2O[C@H](CNCC(O)CO)C=C[C@H]2N)[C@H](O[C@@H]2O[C@H](CO)[C@@H](O[C@H]3O[C@@H](CN)[C@@H](O)[C@H](O)[C@H]3N)[C@H]2O)[C@H]1O. The average molecular weight is 774 g/mol. The molecule has 22 nitrogen and oxygen atoms in total. The van der Waals surface area contributed by atoms with E-state index in [1.54, 1.807) is 12.2 Å². The van der Waals surface area contributed by atoms with E-state index in [4.69, 9.17) is 62.2 Å². The van der Waals surface area contributed by atoms with Crippen molar-refractivity contribution in [2.75, 3.05) is 39.4 Å². The molecule has 20 atom stereocenters. The van der Waals surface area contributed by atoms with Crippen molar-refractivity contribution in [2.24, 2.45) is 28.7 Å². The molecule has 0 spiro atoms. The van der Waals surface area contributed by atoms with E-state index in [0.717, 1.165) is 0 Å². The Hall–Kier alpha value is -1.66. The first-order chi connectivity index (χ1) is 25.1. The van der Waals surface area contributed by atoms with Crippen LogP contribution in [0.4, 0.5) is 4.39 Å². The van der Waals surface area contributed by atoms with Crippen molar-refractivity contribution in [3.63, 3.8) is 0 Å². The number of amides is 1. The van der Waals surface area contributed by atoms with Gasteiger partial charge >= 0.3 is 0 Å². The number of halogens is 1. The first kappa shape index (κ1) is 44.1. The number of nitrogens with two attached hydrogens (primary N) is 5. The highest BCUT2D eigenvalue weighted by Crippen LogP contribution is 2.34. The second-order valence-electron chi connectivity index (χ2n) is 13.6. The van der Waals surface area contributed by atoms with E-state index in [1.165, 1.54) is 0 Å². The standard InChI is InChI=1S/C30H56FN7O15/c31-12(4-32)19(42)27(47)38-15-3-14(35)24(51-28-13(34)2-1-11(48-28)7-37-6-10(41)8-39)26(20(15)43)53-30-23(46)25(17(9-40)50-30)52-29-18(36)22(45)21(44)16(5-33)49-29/h1-2,10-26,28-30,37,39-46H,3-9,32-36H2,(H,38,47)/t10?,11-,12+,13+,14-,15+,16-,17+,18+,19-,20-,21+,22+,23+,24+,25+,26+,28+,29+,30-/m0/s1. The fourth-order valence-corrected chi connectivity index (χ4v) is 6.49. The maximum Gasteiger partial charge on any atom is 0.252 e. The number of aliphatic hydroxyl groups is 8. The van der Waals surface area contributed by atoms with Gasteiger partial charge in [0.2, 0.25) is 0 Å². The molecule has 1 unspecified atom stereocenters. The number of hydrogen-bond acceptors (Lipinski definition) is 21. The minimum absolute atomic E-state index is 0.0613. The van der Waals surface area contributed by atoms with E-state index in [0.29, 0.717) is 0 Å². The molecule has 3 aliphatic heterocycles. The summed E-state index contributed by atoms with van der Waals surface area (Å²) in [6.07, 6.45) is -20.3. The summed E-state index contributed by atoms with van der Waals surface area (Å²) in [7, 11) is 0. The number of carbonyl (C=O) groups excluding carboxylic acids is 1. The lowest BCUT2D eigenvalue weighted by Gasteiger charge is -2.46. The van der Waals surface area contributed by atoms with E-state index in [1.807, 2.05) is 0 Å². The van der Waals surface area contributed by atoms with Gasteiger partial charge in [-0.15, -0.1) is 0 Å². The molecule has 4 aliphatic rings. The highest BCUT2D eigenvalue weighted by atomic mass is 19.1. The van der Waals surface area contributed by atoms with Crippen LogP contribution in [0.1, 0.15) is 6.42 Å². The Morgan fingerprint density at radius 1 is 0.849 bits per heavy atom. The van der Waals surface area contributed by atoms with Crippen LogP contribution in [0.2, 0.25) is 0 Å². The smallest absolute Gasteiger partial charge is 0.252 e. The fraction of sp³-hybridized carbons (Fsp3) is 0.900. The number of aliphatic hydroxyl groups excluding tert-OH is 8. The predicted molar refractivity (Wildman–Crippen MR) is 176 cm³/mol. The summed E-state index contributed by atoms with van der Waals surface area (Å²) >= 11 is 0. The Bertz CT molecular complexity index is 1170. The van der Waals surface area contributed by atoms with Gasteiger partial charge in [-0.3, -0.25) is 4.79 Å². The van der Waals surface area contributed by atoms with Crippen LogP contribution in [-0.2, 0) is 33.2 Å². The first-order valence-electron chi connectivity index (χ1n) is 17.4. The normalized spacial score (nSPS) is 43.7. The molecule has 1 aliphatic carbocycles. The van der Waals surface area contributed by atoms with Gasteiger partial charge in [-0.2, -0.15) is 0 Å². The lowest BCUT2D eigenvalue weighted by Crippen LogP contribution is -2.67.